The number of nitrogens with zero attached hydrogens (tertiary/aromatic N) is 3. The summed E-state index contributed by atoms with van der Waals surface area (Å²) < 4.78 is 17.9. The number of hydrogen-bond acceptors (Lipinski definition) is 10. The van der Waals surface area contributed by atoms with E-state index < -0.39 is 23.9 Å². The van der Waals surface area contributed by atoms with Crippen LogP contribution in [0.2, 0.25) is 0 Å². The largest absolute Gasteiger partial charge is 0.497 e. The van der Waals surface area contributed by atoms with Crippen molar-refractivity contribution in [3.05, 3.63) is 46.1 Å². The molecule has 1 unspecified atom stereocenters. The molecule has 3 rings (SSSR count). The summed E-state index contributed by atoms with van der Waals surface area (Å²) in [5.74, 6) is 0.238. The number of nitrogens with two attached hydrogens (primary N) is 1. The highest BCUT2D eigenvalue weighted by molar-refractivity contribution is 7.99. The van der Waals surface area contributed by atoms with E-state index in [1.54, 1.807) is 56.8 Å². The van der Waals surface area contributed by atoms with E-state index in [0.717, 1.165) is 17.1 Å². The zero-order valence-corrected chi connectivity index (χ0v) is 22.1. The van der Waals surface area contributed by atoms with Gasteiger partial charge in [0.15, 0.2) is 17.1 Å². The SMILES string of the molecule is CCOC(=O)c1c(NC(=O)CSc2nnc(C(C)Oc3ccc(OC)cc3)n2C)sc(C(N)=O)c1C. The van der Waals surface area contributed by atoms with Crippen LogP contribution in [0.1, 0.15) is 51.4 Å². The van der Waals surface area contributed by atoms with Crippen LogP contribution >= 0.6 is 23.1 Å². The van der Waals surface area contributed by atoms with Gasteiger partial charge in [-0.25, -0.2) is 4.79 Å². The highest BCUT2D eigenvalue weighted by Gasteiger charge is 2.26. The molecule has 1 aromatic carbocycles. The second kappa shape index (κ2) is 11.9. The van der Waals surface area contributed by atoms with Crippen LogP contribution in [0.25, 0.3) is 0 Å². The van der Waals surface area contributed by atoms with Crippen molar-refractivity contribution in [1.82, 2.24) is 14.8 Å². The maximum atomic E-state index is 12.7. The lowest BCUT2D eigenvalue weighted by molar-refractivity contribution is -0.113. The molecule has 2 heterocycles. The Labute approximate surface area is 216 Å². The molecule has 0 fully saturated rings. The number of thiophene rings is 1. The average molecular weight is 534 g/mol. The Morgan fingerprint density at radius 3 is 2.47 bits per heavy atom. The number of esters is 1. The molecule has 0 radical (unpaired) electrons. The number of benzene rings is 1. The third-order valence-electron chi connectivity index (χ3n) is 5.04. The molecule has 0 spiro atoms. The van der Waals surface area contributed by atoms with Crippen LogP contribution in [0.5, 0.6) is 11.5 Å². The fourth-order valence-corrected chi connectivity index (χ4v) is 5.08. The molecule has 13 heteroatoms. The van der Waals surface area contributed by atoms with Crippen molar-refractivity contribution in [1.29, 1.82) is 0 Å². The minimum atomic E-state index is -0.685. The molecule has 192 valence electrons. The molecule has 0 saturated carbocycles. The number of methoxy groups -OCH3 is 1. The topological polar surface area (TPSA) is 148 Å². The number of rotatable bonds is 11. The Morgan fingerprint density at radius 1 is 1.19 bits per heavy atom. The van der Waals surface area contributed by atoms with Gasteiger partial charge in [0.2, 0.25) is 5.91 Å². The van der Waals surface area contributed by atoms with Crippen molar-refractivity contribution in [3.63, 3.8) is 0 Å². The normalized spacial score (nSPS) is 11.6. The van der Waals surface area contributed by atoms with Gasteiger partial charge >= 0.3 is 5.97 Å². The second-order valence-electron chi connectivity index (χ2n) is 7.52. The van der Waals surface area contributed by atoms with E-state index in [9.17, 15) is 14.4 Å². The van der Waals surface area contributed by atoms with Crippen LogP contribution in [-0.4, -0.2) is 52.0 Å². The van der Waals surface area contributed by atoms with Gasteiger partial charge in [0.25, 0.3) is 5.91 Å². The van der Waals surface area contributed by atoms with Gasteiger partial charge in [-0.05, 0) is 50.6 Å². The van der Waals surface area contributed by atoms with Gasteiger partial charge < -0.3 is 29.8 Å². The Morgan fingerprint density at radius 2 is 1.86 bits per heavy atom. The zero-order chi connectivity index (χ0) is 26.4. The molecule has 0 bridgehead atoms. The maximum absolute atomic E-state index is 12.7. The highest BCUT2D eigenvalue weighted by Crippen LogP contribution is 2.34. The second-order valence-corrected chi connectivity index (χ2v) is 9.48. The first-order chi connectivity index (χ1) is 17.2. The molecule has 0 aliphatic carbocycles. The monoisotopic (exact) mass is 533 g/mol. The lowest BCUT2D eigenvalue weighted by Crippen LogP contribution is -2.17. The molecule has 2 amide bonds. The molecule has 0 saturated heterocycles. The van der Waals surface area contributed by atoms with Crippen LogP contribution in [0.15, 0.2) is 29.4 Å². The number of ether oxygens (including phenoxy) is 3. The molecule has 2 aromatic heterocycles. The van der Waals surface area contributed by atoms with Gasteiger partial charge in [0.1, 0.15) is 16.5 Å². The number of anilines is 1. The van der Waals surface area contributed by atoms with Crippen LogP contribution in [-0.2, 0) is 16.6 Å². The van der Waals surface area contributed by atoms with E-state index in [2.05, 4.69) is 15.5 Å². The first-order valence-corrected chi connectivity index (χ1v) is 12.7. The summed E-state index contributed by atoms with van der Waals surface area (Å²) in [6.07, 6.45) is -0.396. The Balaban J connectivity index is 1.66. The van der Waals surface area contributed by atoms with Crippen LogP contribution in [0.4, 0.5) is 5.00 Å². The first-order valence-electron chi connectivity index (χ1n) is 10.9. The van der Waals surface area contributed by atoms with Gasteiger partial charge in [-0.15, -0.1) is 21.5 Å². The smallest absolute Gasteiger partial charge is 0.341 e. The number of carbonyl (C=O) groups excluding carboxylic acids is 3. The molecule has 3 N–H and O–H groups in total. The van der Waals surface area contributed by atoms with Crippen molar-refractivity contribution in [2.24, 2.45) is 12.8 Å². The van der Waals surface area contributed by atoms with Crippen molar-refractivity contribution >= 4 is 45.9 Å². The quantitative estimate of drug-likeness (QED) is 0.280. The lowest BCUT2D eigenvalue weighted by atomic mass is 10.1. The standard InChI is InChI=1S/C23H27N5O6S2/c1-6-33-22(31)17-12(2)18(19(24)30)36-21(17)25-16(29)11-35-23-27-26-20(28(23)4)13(3)34-15-9-7-14(32-5)8-10-15/h7-10,13H,6,11H2,1-5H3,(H2,24,30)(H,25,29). The fraction of sp³-hybridized carbons (Fsp3) is 0.348. The number of aromatic nitrogens is 3. The fourth-order valence-electron chi connectivity index (χ4n) is 3.30. The summed E-state index contributed by atoms with van der Waals surface area (Å²) in [4.78, 5) is 37.0. The summed E-state index contributed by atoms with van der Waals surface area (Å²) in [6.45, 7) is 5.26. The van der Waals surface area contributed by atoms with Gasteiger partial charge in [0.05, 0.1) is 29.9 Å². The molecule has 1 atom stereocenters. The lowest BCUT2D eigenvalue weighted by Gasteiger charge is -2.14. The van der Waals surface area contributed by atoms with Crippen molar-refractivity contribution in [2.45, 2.75) is 32.0 Å². The van der Waals surface area contributed by atoms with Gasteiger partial charge in [-0.1, -0.05) is 11.8 Å². The number of primary amides is 1. The van der Waals surface area contributed by atoms with E-state index in [1.165, 1.54) is 11.8 Å². The van der Waals surface area contributed by atoms with E-state index in [-0.39, 0.29) is 27.8 Å². The zero-order valence-electron chi connectivity index (χ0n) is 20.5. The summed E-state index contributed by atoms with van der Waals surface area (Å²) in [5, 5.41) is 11.8. The number of carbonyl (C=O) groups is 3. The van der Waals surface area contributed by atoms with E-state index >= 15 is 0 Å². The Kier molecular flexibility index (Phi) is 8.93. The summed E-state index contributed by atoms with van der Waals surface area (Å²) in [6, 6.07) is 7.19. The number of hydrogen-bond donors (Lipinski definition) is 2. The summed E-state index contributed by atoms with van der Waals surface area (Å²) in [7, 11) is 3.38. The number of amides is 2. The molecule has 0 aliphatic heterocycles. The Hall–Kier alpha value is -3.58. The maximum Gasteiger partial charge on any atom is 0.341 e. The predicted molar refractivity (Wildman–Crippen MR) is 136 cm³/mol. The molecule has 36 heavy (non-hydrogen) atoms. The van der Waals surface area contributed by atoms with Gasteiger partial charge in [-0.3, -0.25) is 9.59 Å². The minimum absolute atomic E-state index is 0.00912. The molecular formula is C23H27N5O6S2. The van der Waals surface area contributed by atoms with Crippen LogP contribution in [0, 0.1) is 6.92 Å². The first kappa shape index (κ1) is 27.0. The average Bonchev–Trinajstić information content (AvgIpc) is 3.37. The van der Waals surface area contributed by atoms with E-state index in [0.29, 0.717) is 22.3 Å². The molecule has 0 aliphatic rings. The number of nitrogens with one attached hydrogen (secondary N) is 1. The predicted octanol–water partition coefficient (Wildman–Crippen LogP) is 3.34. The van der Waals surface area contributed by atoms with E-state index in [1.807, 2.05) is 6.92 Å². The summed E-state index contributed by atoms with van der Waals surface area (Å²) >= 11 is 2.11. The van der Waals surface area contributed by atoms with Crippen molar-refractivity contribution in [3.8, 4) is 11.5 Å². The van der Waals surface area contributed by atoms with Crippen molar-refractivity contribution in [2.75, 3.05) is 24.8 Å². The highest BCUT2D eigenvalue weighted by atomic mass is 32.2. The molecular weight excluding hydrogens is 506 g/mol. The minimum Gasteiger partial charge on any atom is -0.497 e. The Bertz CT molecular complexity index is 1250. The molecule has 3 aromatic rings. The summed E-state index contributed by atoms with van der Waals surface area (Å²) in [5.41, 5.74) is 5.91. The van der Waals surface area contributed by atoms with Gasteiger partial charge in [-0.2, -0.15) is 0 Å². The van der Waals surface area contributed by atoms with Crippen LogP contribution in [0.3, 0.4) is 0 Å². The number of thioether (sulfide) groups is 1. The van der Waals surface area contributed by atoms with Crippen molar-refractivity contribution < 1.29 is 28.6 Å². The third-order valence-corrected chi connectivity index (χ3v) is 7.28. The van der Waals surface area contributed by atoms with Crippen LogP contribution < -0.4 is 20.5 Å². The molecule has 11 nitrogen and oxygen atoms in total. The van der Waals surface area contributed by atoms with E-state index in [4.69, 9.17) is 19.9 Å². The van der Waals surface area contributed by atoms with Gasteiger partial charge in [0, 0.05) is 7.05 Å². The third kappa shape index (κ3) is 6.15.